The van der Waals surface area contributed by atoms with Crippen LogP contribution in [0.5, 0.6) is 5.75 Å². The zero-order chi connectivity index (χ0) is 19.2. The Hall–Kier alpha value is -3.05. The molecule has 0 spiro atoms. The first kappa shape index (κ1) is 18.7. The van der Waals surface area contributed by atoms with E-state index < -0.39 is 0 Å². The predicted octanol–water partition coefficient (Wildman–Crippen LogP) is 4.73. The SMILES string of the molecule is COc1ccc(Cl)cc1Nc1ccnc(C(=O)NCc2ccccc2C)c1. The van der Waals surface area contributed by atoms with Crippen molar-refractivity contribution in [2.24, 2.45) is 0 Å². The molecule has 0 aliphatic heterocycles. The zero-order valence-electron chi connectivity index (χ0n) is 15.1. The molecule has 2 aromatic carbocycles. The smallest absolute Gasteiger partial charge is 0.270 e. The number of aromatic nitrogens is 1. The second kappa shape index (κ2) is 8.56. The number of ether oxygens (including phenoxy) is 1. The van der Waals surface area contributed by atoms with Gasteiger partial charge in [-0.1, -0.05) is 35.9 Å². The van der Waals surface area contributed by atoms with Gasteiger partial charge in [-0.05, 0) is 48.4 Å². The number of rotatable bonds is 6. The molecule has 0 aliphatic rings. The molecule has 6 heteroatoms. The third kappa shape index (κ3) is 4.77. The monoisotopic (exact) mass is 381 g/mol. The van der Waals surface area contributed by atoms with Gasteiger partial charge in [0.25, 0.3) is 5.91 Å². The number of anilines is 2. The molecular weight excluding hydrogens is 362 g/mol. The summed E-state index contributed by atoms with van der Waals surface area (Å²) in [5.74, 6) is 0.418. The topological polar surface area (TPSA) is 63.2 Å². The molecular formula is C21H20ClN3O2. The molecule has 0 saturated carbocycles. The van der Waals surface area contributed by atoms with E-state index in [4.69, 9.17) is 16.3 Å². The third-order valence-corrected chi connectivity index (χ3v) is 4.37. The third-order valence-electron chi connectivity index (χ3n) is 4.13. The maximum absolute atomic E-state index is 12.5. The number of carbonyl (C=O) groups excluding carboxylic acids is 1. The largest absolute Gasteiger partial charge is 0.495 e. The van der Waals surface area contributed by atoms with E-state index in [2.05, 4.69) is 15.6 Å². The van der Waals surface area contributed by atoms with Gasteiger partial charge in [0.2, 0.25) is 0 Å². The van der Waals surface area contributed by atoms with Gasteiger partial charge in [0.05, 0.1) is 12.8 Å². The molecule has 1 amide bonds. The molecule has 0 fully saturated rings. The number of halogens is 1. The minimum Gasteiger partial charge on any atom is -0.495 e. The summed E-state index contributed by atoms with van der Waals surface area (Å²) in [5, 5.41) is 6.70. The van der Waals surface area contributed by atoms with Crippen LogP contribution in [0.25, 0.3) is 0 Å². The lowest BCUT2D eigenvalue weighted by molar-refractivity contribution is 0.0946. The van der Waals surface area contributed by atoms with Gasteiger partial charge >= 0.3 is 0 Å². The molecule has 0 atom stereocenters. The zero-order valence-corrected chi connectivity index (χ0v) is 15.9. The van der Waals surface area contributed by atoms with Crippen LogP contribution in [0.15, 0.2) is 60.8 Å². The first-order chi connectivity index (χ1) is 13.1. The van der Waals surface area contributed by atoms with Crippen LogP contribution in [0.1, 0.15) is 21.6 Å². The Bertz CT molecular complexity index is 960. The number of hydrogen-bond acceptors (Lipinski definition) is 4. The fourth-order valence-corrected chi connectivity index (χ4v) is 2.81. The van der Waals surface area contributed by atoms with Crippen LogP contribution in [0.4, 0.5) is 11.4 Å². The fraction of sp³-hybridized carbons (Fsp3) is 0.143. The summed E-state index contributed by atoms with van der Waals surface area (Å²) in [5.41, 5.74) is 3.96. The van der Waals surface area contributed by atoms with Gasteiger partial charge in [-0.25, -0.2) is 0 Å². The number of hydrogen-bond donors (Lipinski definition) is 2. The molecule has 1 aromatic heterocycles. The molecule has 138 valence electrons. The van der Waals surface area contributed by atoms with Crippen molar-refractivity contribution in [2.75, 3.05) is 12.4 Å². The van der Waals surface area contributed by atoms with Gasteiger partial charge < -0.3 is 15.4 Å². The molecule has 0 radical (unpaired) electrons. The maximum atomic E-state index is 12.5. The van der Waals surface area contributed by atoms with Crippen molar-refractivity contribution in [1.82, 2.24) is 10.3 Å². The van der Waals surface area contributed by atoms with Crippen LogP contribution >= 0.6 is 11.6 Å². The summed E-state index contributed by atoms with van der Waals surface area (Å²) in [4.78, 5) is 16.6. The summed E-state index contributed by atoms with van der Waals surface area (Å²) in [7, 11) is 1.59. The highest BCUT2D eigenvalue weighted by Gasteiger charge is 2.10. The summed E-state index contributed by atoms with van der Waals surface area (Å²) in [6, 6.07) is 16.7. The van der Waals surface area contributed by atoms with Gasteiger partial charge in [0.15, 0.2) is 0 Å². The lowest BCUT2D eigenvalue weighted by Gasteiger charge is -2.12. The van der Waals surface area contributed by atoms with Crippen molar-refractivity contribution in [3.05, 3.63) is 82.6 Å². The first-order valence-corrected chi connectivity index (χ1v) is 8.84. The van der Waals surface area contributed by atoms with Crippen LogP contribution in [-0.2, 0) is 6.54 Å². The number of methoxy groups -OCH3 is 1. The second-order valence-corrected chi connectivity index (χ2v) is 6.44. The van der Waals surface area contributed by atoms with E-state index >= 15 is 0 Å². The quantitative estimate of drug-likeness (QED) is 0.648. The molecule has 3 rings (SSSR count). The molecule has 0 aliphatic carbocycles. The van der Waals surface area contributed by atoms with Crippen LogP contribution in [0.3, 0.4) is 0 Å². The van der Waals surface area contributed by atoms with Crippen LogP contribution in [0, 0.1) is 6.92 Å². The Morgan fingerprint density at radius 1 is 1.15 bits per heavy atom. The standard InChI is InChI=1S/C21H20ClN3O2/c1-14-5-3-4-6-15(14)13-24-21(26)19-12-17(9-10-23-19)25-18-11-16(22)7-8-20(18)27-2/h3-12H,13H2,1-2H3,(H,23,25)(H,24,26). The molecule has 27 heavy (non-hydrogen) atoms. The molecule has 1 heterocycles. The van der Waals surface area contributed by atoms with Crippen LogP contribution < -0.4 is 15.4 Å². The number of aryl methyl sites for hydroxylation is 1. The first-order valence-electron chi connectivity index (χ1n) is 8.46. The van der Waals surface area contributed by atoms with Crippen molar-refractivity contribution in [1.29, 1.82) is 0 Å². The van der Waals surface area contributed by atoms with E-state index in [1.807, 2.05) is 31.2 Å². The molecule has 0 saturated heterocycles. The minimum atomic E-state index is -0.236. The highest BCUT2D eigenvalue weighted by Crippen LogP contribution is 2.30. The number of benzene rings is 2. The normalized spacial score (nSPS) is 10.3. The lowest BCUT2D eigenvalue weighted by Crippen LogP contribution is -2.24. The molecule has 2 N–H and O–H groups in total. The molecule has 3 aromatic rings. The summed E-state index contributed by atoms with van der Waals surface area (Å²) < 4.78 is 5.33. The Kier molecular flexibility index (Phi) is 5.94. The number of pyridine rings is 1. The Balaban J connectivity index is 1.73. The maximum Gasteiger partial charge on any atom is 0.270 e. The summed E-state index contributed by atoms with van der Waals surface area (Å²) in [6.45, 7) is 2.47. The van der Waals surface area contributed by atoms with Gasteiger partial charge in [0.1, 0.15) is 11.4 Å². The van der Waals surface area contributed by atoms with Gasteiger partial charge in [-0.2, -0.15) is 0 Å². The average Bonchev–Trinajstić information content (AvgIpc) is 2.67. The van der Waals surface area contributed by atoms with Gasteiger partial charge in [-0.15, -0.1) is 0 Å². The Morgan fingerprint density at radius 3 is 2.74 bits per heavy atom. The second-order valence-electron chi connectivity index (χ2n) is 6.01. The van der Waals surface area contributed by atoms with Crippen molar-refractivity contribution in [3.63, 3.8) is 0 Å². The summed E-state index contributed by atoms with van der Waals surface area (Å²) >= 11 is 6.06. The van der Waals surface area contributed by atoms with E-state index in [9.17, 15) is 4.79 Å². The minimum absolute atomic E-state index is 0.236. The van der Waals surface area contributed by atoms with Crippen molar-refractivity contribution >= 4 is 28.9 Å². The van der Waals surface area contributed by atoms with Crippen molar-refractivity contribution in [2.45, 2.75) is 13.5 Å². The molecule has 0 unspecified atom stereocenters. The number of nitrogens with zero attached hydrogens (tertiary/aromatic N) is 1. The van der Waals surface area contributed by atoms with Crippen LogP contribution in [0.2, 0.25) is 5.02 Å². The number of carbonyl (C=O) groups is 1. The lowest BCUT2D eigenvalue weighted by atomic mass is 10.1. The van der Waals surface area contributed by atoms with E-state index in [1.54, 1.807) is 43.6 Å². The number of nitrogens with one attached hydrogen (secondary N) is 2. The molecule has 0 bridgehead atoms. The Labute approximate surface area is 163 Å². The molecule has 5 nitrogen and oxygen atoms in total. The van der Waals surface area contributed by atoms with E-state index in [-0.39, 0.29) is 5.91 Å². The fourth-order valence-electron chi connectivity index (χ4n) is 2.64. The van der Waals surface area contributed by atoms with Crippen LogP contribution in [-0.4, -0.2) is 18.0 Å². The van der Waals surface area contributed by atoms with Gasteiger partial charge in [-0.3, -0.25) is 9.78 Å². The Morgan fingerprint density at radius 2 is 1.96 bits per heavy atom. The highest BCUT2D eigenvalue weighted by molar-refractivity contribution is 6.31. The van der Waals surface area contributed by atoms with Crippen molar-refractivity contribution < 1.29 is 9.53 Å². The van der Waals surface area contributed by atoms with E-state index in [1.165, 1.54) is 0 Å². The van der Waals surface area contributed by atoms with E-state index in [0.717, 1.165) is 11.1 Å². The van der Waals surface area contributed by atoms with E-state index in [0.29, 0.717) is 34.4 Å². The number of amides is 1. The highest BCUT2D eigenvalue weighted by atomic mass is 35.5. The predicted molar refractivity (Wildman–Crippen MR) is 108 cm³/mol. The van der Waals surface area contributed by atoms with Crippen molar-refractivity contribution in [3.8, 4) is 5.75 Å². The average molecular weight is 382 g/mol. The van der Waals surface area contributed by atoms with Gasteiger partial charge in [0, 0.05) is 23.5 Å². The summed E-state index contributed by atoms with van der Waals surface area (Å²) in [6.07, 6.45) is 1.59.